The van der Waals surface area contributed by atoms with Crippen molar-refractivity contribution in [2.24, 2.45) is 0 Å². The maximum absolute atomic E-state index is 5.87. The van der Waals surface area contributed by atoms with Gasteiger partial charge in [-0.05, 0) is 18.6 Å². The molecule has 2 aromatic rings. The molecule has 1 unspecified atom stereocenters. The smallest absolute Gasteiger partial charge is 0.0609 e. The molecule has 2 rings (SSSR count). The van der Waals surface area contributed by atoms with Gasteiger partial charge in [0.1, 0.15) is 0 Å². The molecular weight excluding hydrogens is 220 g/mol. The molecule has 1 N–H and O–H groups in total. The number of hydrogen-bond acceptors (Lipinski definition) is 2. The predicted molar refractivity (Wildman–Crippen MR) is 67.7 cm³/mol. The van der Waals surface area contributed by atoms with Crippen LogP contribution in [0.3, 0.4) is 0 Å². The summed E-state index contributed by atoms with van der Waals surface area (Å²) in [4.78, 5) is 4.04. The van der Waals surface area contributed by atoms with E-state index in [1.165, 1.54) is 5.56 Å². The van der Waals surface area contributed by atoms with Crippen LogP contribution in [0.25, 0.3) is 0 Å². The number of pyridine rings is 1. The number of nitrogens with one attached hydrogen (secondary N) is 1. The topological polar surface area (TPSA) is 24.9 Å². The van der Waals surface area contributed by atoms with Crippen LogP contribution in [0.4, 0.5) is 5.69 Å². The molecule has 0 aliphatic heterocycles. The summed E-state index contributed by atoms with van der Waals surface area (Å²) in [6.45, 7) is 2.11. The van der Waals surface area contributed by atoms with E-state index in [1.54, 1.807) is 12.4 Å². The van der Waals surface area contributed by atoms with E-state index in [0.29, 0.717) is 5.02 Å². The molecule has 1 aromatic heterocycles. The van der Waals surface area contributed by atoms with Crippen LogP contribution in [0.15, 0.2) is 48.8 Å². The lowest BCUT2D eigenvalue weighted by molar-refractivity contribution is 0.883. The molecule has 1 heterocycles. The van der Waals surface area contributed by atoms with Crippen molar-refractivity contribution in [3.05, 3.63) is 59.4 Å². The average molecular weight is 233 g/mol. The summed E-state index contributed by atoms with van der Waals surface area (Å²) >= 11 is 5.87. The Labute approximate surface area is 100 Å². The highest BCUT2D eigenvalue weighted by atomic mass is 35.5. The summed E-state index contributed by atoms with van der Waals surface area (Å²) in [5, 5.41) is 4.00. The Bertz CT molecular complexity index is 456. The minimum Gasteiger partial charge on any atom is -0.377 e. The number of rotatable bonds is 3. The Hall–Kier alpha value is -1.54. The van der Waals surface area contributed by atoms with E-state index in [-0.39, 0.29) is 6.04 Å². The normalized spacial score (nSPS) is 12.1. The van der Waals surface area contributed by atoms with E-state index in [9.17, 15) is 0 Å². The number of halogens is 1. The van der Waals surface area contributed by atoms with Gasteiger partial charge in [-0.1, -0.05) is 41.9 Å². The van der Waals surface area contributed by atoms with Crippen molar-refractivity contribution >= 4 is 17.3 Å². The van der Waals surface area contributed by atoms with Crippen LogP contribution in [0.2, 0.25) is 5.02 Å². The highest BCUT2D eigenvalue weighted by molar-refractivity contribution is 6.30. The number of nitrogens with zero attached hydrogens (tertiary/aromatic N) is 1. The number of hydrogen-bond donors (Lipinski definition) is 1. The van der Waals surface area contributed by atoms with Crippen LogP contribution >= 0.6 is 11.6 Å². The first-order chi connectivity index (χ1) is 7.75. The Kier molecular flexibility index (Phi) is 3.42. The van der Waals surface area contributed by atoms with E-state index in [2.05, 4.69) is 29.4 Å². The van der Waals surface area contributed by atoms with Crippen molar-refractivity contribution in [1.29, 1.82) is 0 Å². The minimum absolute atomic E-state index is 0.237. The Balaban J connectivity index is 2.11. The molecule has 0 saturated heterocycles. The molecule has 0 bridgehead atoms. The van der Waals surface area contributed by atoms with Gasteiger partial charge in [-0.25, -0.2) is 0 Å². The standard InChI is InChI=1S/C13H13ClN2/c1-10(11-5-3-2-4-6-11)16-13-7-12(14)8-15-9-13/h2-10,16H,1H3. The van der Waals surface area contributed by atoms with Crippen LogP contribution < -0.4 is 5.32 Å². The van der Waals surface area contributed by atoms with Crippen molar-refractivity contribution in [1.82, 2.24) is 4.98 Å². The first kappa shape index (κ1) is 11.0. The SMILES string of the molecule is CC(Nc1cncc(Cl)c1)c1ccccc1. The third kappa shape index (κ3) is 2.74. The molecule has 3 heteroatoms. The predicted octanol–water partition coefficient (Wildman–Crippen LogP) is 3.91. The zero-order valence-electron chi connectivity index (χ0n) is 9.02. The summed E-state index contributed by atoms with van der Waals surface area (Å²) in [6, 6.07) is 12.4. The fourth-order valence-corrected chi connectivity index (χ4v) is 1.74. The number of aromatic nitrogens is 1. The van der Waals surface area contributed by atoms with Gasteiger partial charge < -0.3 is 5.32 Å². The van der Waals surface area contributed by atoms with Crippen molar-refractivity contribution in [2.75, 3.05) is 5.32 Å². The molecule has 1 aromatic carbocycles. The van der Waals surface area contributed by atoms with Crippen molar-refractivity contribution in [2.45, 2.75) is 13.0 Å². The van der Waals surface area contributed by atoms with Crippen molar-refractivity contribution < 1.29 is 0 Å². The fourth-order valence-electron chi connectivity index (χ4n) is 1.57. The zero-order chi connectivity index (χ0) is 11.4. The van der Waals surface area contributed by atoms with E-state index in [4.69, 9.17) is 11.6 Å². The molecule has 0 radical (unpaired) electrons. The van der Waals surface area contributed by atoms with Crippen LogP contribution in [-0.2, 0) is 0 Å². The molecule has 1 atom stereocenters. The second-order valence-electron chi connectivity index (χ2n) is 3.67. The minimum atomic E-state index is 0.237. The van der Waals surface area contributed by atoms with Crippen molar-refractivity contribution in [3.63, 3.8) is 0 Å². The molecule has 0 aliphatic carbocycles. The van der Waals surface area contributed by atoms with Crippen LogP contribution in [0, 0.1) is 0 Å². The van der Waals surface area contributed by atoms with Crippen LogP contribution in [-0.4, -0.2) is 4.98 Å². The molecule has 0 amide bonds. The van der Waals surface area contributed by atoms with E-state index in [0.717, 1.165) is 5.69 Å². The van der Waals surface area contributed by atoms with Gasteiger partial charge in [0.15, 0.2) is 0 Å². The third-order valence-corrected chi connectivity index (χ3v) is 2.59. The monoisotopic (exact) mass is 232 g/mol. The lowest BCUT2D eigenvalue weighted by atomic mass is 10.1. The average Bonchev–Trinajstić information content (AvgIpc) is 2.30. The van der Waals surface area contributed by atoms with Crippen molar-refractivity contribution in [3.8, 4) is 0 Å². The zero-order valence-corrected chi connectivity index (χ0v) is 9.78. The van der Waals surface area contributed by atoms with Gasteiger partial charge in [0, 0.05) is 12.2 Å². The fraction of sp³-hybridized carbons (Fsp3) is 0.154. The first-order valence-corrected chi connectivity index (χ1v) is 5.55. The highest BCUT2D eigenvalue weighted by Crippen LogP contribution is 2.20. The van der Waals surface area contributed by atoms with Gasteiger partial charge in [0.25, 0.3) is 0 Å². The summed E-state index contributed by atoms with van der Waals surface area (Å²) in [6.07, 6.45) is 3.39. The maximum atomic E-state index is 5.87. The van der Waals surface area contributed by atoms with Crippen LogP contribution in [0.5, 0.6) is 0 Å². The second-order valence-corrected chi connectivity index (χ2v) is 4.10. The van der Waals surface area contributed by atoms with Crippen LogP contribution in [0.1, 0.15) is 18.5 Å². The van der Waals surface area contributed by atoms with E-state index >= 15 is 0 Å². The van der Waals surface area contributed by atoms with Gasteiger partial charge in [0.2, 0.25) is 0 Å². The van der Waals surface area contributed by atoms with Gasteiger partial charge in [-0.2, -0.15) is 0 Å². The molecule has 0 spiro atoms. The Morgan fingerprint density at radius 3 is 2.62 bits per heavy atom. The van der Waals surface area contributed by atoms with Gasteiger partial charge >= 0.3 is 0 Å². The third-order valence-electron chi connectivity index (χ3n) is 2.39. The number of benzene rings is 1. The highest BCUT2D eigenvalue weighted by Gasteiger charge is 2.04. The first-order valence-electron chi connectivity index (χ1n) is 5.18. The molecule has 0 fully saturated rings. The Morgan fingerprint density at radius 1 is 1.19 bits per heavy atom. The molecule has 0 saturated carbocycles. The van der Waals surface area contributed by atoms with Gasteiger partial charge in [-0.15, -0.1) is 0 Å². The van der Waals surface area contributed by atoms with Gasteiger partial charge in [0.05, 0.1) is 16.9 Å². The van der Waals surface area contributed by atoms with E-state index < -0.39 is 0 Å². The molecule has 82 valence electrons. The largest absolute Gasteiger partial charge is 0.377 e. The summed E-state index contributed by atoms with van der Waals surface area (Å²) < 4.78 is 0. The summed E-state index contributed by atoms with van der Waals surface area (Å²) in [5.74, 6) is 0. The lowest BCUT2D eigenvalue weighted by Crippen LogP contribution is -2.06. The lowest BCUT2D eigenvalue weighted by Gasteiger charge is -2.15. The molecule has 2 nitrogen and oxygen atoms in total. The second kappa shape index (κ2) is 4.99. The van der Waals surface area contributed by atoms with Gasteiger partial charge in [-0.3, -0.25) is 4.98 Å². The molecular formula is C13H13ClN2. The molecule has 16 heavy (non-hydrogen) atoms. The maximum Gasteiger partial charge on any atom is 0.0609 e. The van der Waals surface area contributed by atoms with E-state index in [1.807, 2.05) is 24.3 Å². The Morgan fingerprint density at radius 2 is 1.94 bits per heavy atom. The summed E-state index contributed by atoms with van der Waals surface area (Å²) in [7, 11) is 0. The summed E-state index contributed by atoms with van der Waals surface area (Å²) in [5.41, 5.74) is 2.17. The quantitative estimate of drug-likeness (QED) is 0.868. The number of anilines is 1. The molecule has 0 aliphatic rings.